The molecule has 0 aliphatic carbocycles. The fraction of sp³-hybridized carbons (Fsp3) is 0.0833. The van der Waals surface area contributed by atoms with Gasteiger partial charge in [-0.1, -0.05) is 18.2 Å². The Balaban J connectivity index is 1.57. The number of methoxy groups -OCH3 is 2. The number of carbonyl (C=O) groups is 1. The average molecular weight is 498 g/mol. The predicted molar refractivity (Wildman–Crippen MR) is 137 cm³/mol. The van der Waals surface area contributed by atoms with Crippen LogP contribution in [0, 0.1) is 0 Å². The molecule has 176 valence electrons. The highest BCUT2D eigenvalue weighted by atomic mass is 32.2. The van der Waals surface area contributed by atoms with Crippen LogP contribution in [0.1, 0.15) is 5.56 Å². The Labute approximate surface area is 203 Å². The van der Waals surface area contributed by atoms with Gasteiger partial charge in [-0.3, -0.25) is 14.8 Å². The zero-order valence-corrected chi connectivity index (χ0v) is 20.1. The zero-order valence-electron chi connectivity index (χ0n) is 18.4. The number of carbonyl (C=O) groups excluding carboxylic acids is 1. The van der Waals surface area contributed by atoms with Gasteiger partial charge in [0, 0.05) is 23.0 Å². The molecule has 0 heterocycles. The van der Waals surface area contributed by atoms with Crippen molar-refractivity contribution in [2.24, 2.45) is 0 Å². The molecule has 0 aromatic heterocycles. The van der Waals surface area contributed by atoms with E-state index >= 15 is 0 Å². The number of benzene rings is 3. The van der Waals surface area contributed by atoms with E-state index in [0.717, 1.165) is 5.56 Å². The summed E-state index contributed by atoms with van der Waals surface area (Å²) in [6.45, 7) is 0. The van der Waals surface area contributed by atoms with E-state index in [4.69, 9.17) is 21.7 Å². The Morgan fingerprint density at radius 2 is 1.53 bits per heavy atom. The lowest BCUT2D eigenvalue weighted by Crippen LogP contribution is -2.32. The summed E-state index contributed by atoms with van der Waals surface area (Å²) in [6, 6.07) is 19.8. The van der Waals surface area contributed by atoms with Gasteiger partial charge in [-0.2, -0.15) is 0 Å². The van der Waals surface area contributed by atoms with Crippen LogP contribution in [0.25, 0.3) is 6.08 Å². The first-order valence-electron chi connectivity index (χ1n) is 10.0. The van der Waals surface area contributed by atoms with E-state index in [-0.39, 0.29) is 10.0 Å². The van der Waals surface area contributed by atoms with Gasteiger partial charge in [0.05, 0.1) is 19.1 Å². The zero-order chi connectivity index (χ0) is 24.6. The molecule has 3 aromatic rings. The molecule has 0 saturated carbocycles. The summed E-state index contributed by atoms with van der Waals surface area (Å²) in [7, 11) is -0.692. The van der Waals surface area contributed by atoms with Gasteiger partial charge in [-0.15, -0.1) is 0 Å². The largest absolute Gasteiger partial charge is 0.497 e. The minimum absolute atomic E-state index is 0.0710. The number of rotatable bonds is 8. The van der Waals surface area contributed by atoms with Crippen molar-refractivity contribution < 1.29 is 22.7 Å². The smallest absolute Gasteiger partial charge is 0.261 e. The molecule has 3 N–H and O–H groups in total. The highest BCUT2D eigenvalue weighted by molar-refractivity contribution is 7.92. The molecule has 1 amide bonds. The molecule has 0 saturated heterocycles. The molecule has 0 atom stereocenters. The highest BCUT2D eigenvalue weighted by Gasteiger charge is 2.14. The molecule has 0 aliphatic heterocycles. The summed E-state index contributed by atoms with van der Waals surface area (Å²) in [4.78, 5) is 12.2. The molecule has 0 fully saturated rings. The third kappa shape index (κ3) is 6.80. The predicted octanol–water partition coefficient (Wildman–Crippen LogP) is 4.03. The number of hydrogen-bond acceptors (Lipinski definition) is 6. The van der Waals surface area contributed by atoms with Crippen molar-refractivity contribution in [3.8, 4) is 11.5 Å². The van der Waals surface area contributed by atoms with Crippen LogP contribution in [-0.4, -0.2) is 33.7 Å². The average Bonchev–Trinajstić information content (AvgIpc) is 2.83. The van der Waals surface area contributed by atoms with Gasteiger partial charge in [0.2, 0.25) is 5.91 Å². The van der Waals surface area contributed by atoms with Crippen LogP contribution in [0.3, 0.4) is 0 Å². The lowest BCUT2D eigenvalue weighted by molar-refractivity contribution is -0.115. The molecule has 34 heavy (non-hydrogen) atoms. The van der Waals surface area contributed by atoms with E-state index in [1.54, 1.807) is 55.7 Å². The van der Waals surface area contributed by atoms with Crippen LogP contribution < -0.4 is 24.8 Å². The van der Waals surface area contributed by atoms with E-state index in [9.17, 15) is 13.2 Å². The number of sulfonamides is 1. The second-order valence-corrected chi connectivity index (χ2v) is 8.97. The maximum atomic E-state index is 12.6. The van der Waals surface area contributed by atoms with Crippen LogP contribution in [0.5, 0.6) is 11.5 Å². The van der Waals surface area contributed by atoms with Crippen molar-refractivity contribution in [3.05, 3.63) is 84.4 Å². The minimum Gasteiger partial charge on any atom is -0.497 e. The molecule has 0 unspecified atom stereocenters. The van der Waals surface area contributed by atoms with Gasteiger partial charge < -0.3 is 14.8 Å². The number of para-hydroxylation sites is 1. The first-order valence-corrected chi connectivity index (χ1v) is 11.9. The summed E-state index contributed by atoms with van der Waals surface area (Å²) in [5.74, 6) is 0.840. The Morgan fingerprint density at radius 1 is 0.882 bits per heavy atom. The number of ether oxygens (including phenoxy) is 2. The van der Waals surface area contributed by atoms with Crippen LogP contribution >= 0.6 is 12.2 Å². The molecule has 0 aliphatic rings. The van der Waals surface area contributed by atoms with Crippen LogP contribution in [0.2, 0.25) is 0 Å². The SMILES string of the molecule is COc1ccc(NS(=O)(=O)c2ccc(NC(=S)NC(=O)/C=C/c3ccccc3OC)cc2)cc1. The molecule has 0 radical (unpaired) electrons. The van der Waals surface area contributed by atoms with Crippen LogP contribution in [-0.2, 0) is 14.8 Å². The van der Waals surface area contributed by atoms with Crippen molar-refractivity contribution in [2.45, 2.75) is 4.90 Å². The topological polar surface area (TPSA) is 106 Å². The normalized spacial score (nSPS) is 11.0. The lowest BCUT2D eigenvalue weighted by Gasteiger charge is -2.11. The Morgan fingerprint density at radius 3 is 2.18 bits per heavy atom. The van der Waals surface area contributed by atoms with Gasteiger partial charge in [-0.25, -0.2) is 8.42 Å². The van der Waals surface area contributed by atoms with Crippen molar-refractivity contribution in [3.63, 3.8) is 0 Å². The summed E-state index contributed by atoms with van der Waals surface area (Å²) in [6.07, 6.45) is 2.96. The van der Waals surface area contributed by atoms with E-state index < -0.39 is 15.9 Å². The van der Waals surface area contributed by atoms with E-state index in [2.05, 4.69) is 15.4 Å². The Kier molecular flexibility index (Phi) is 8.23. The van der Waals surface area contributed by atoms with Gasteiger partial charge in [-0.05, 0) is 72.9 Å². The second-order valence-electron chi connectivity index (χ2n) is 6.88. The fourth-order valence-electron chi connectivity index (χ4n) is 2.88. The number of hydrogen-bond donors (Lipinski definition) is 3. The maximum absolute atomic E-state index is 12.6. The standard InChI is InChI=1S/C24H23N3O5S2/c1-31-20-12-8-19(9-13-20)27-34(29,30)21-14-10-18(11-15-21)25-24(33)26-23(28)16-7-17-5-3-4-6-22(17)32-2/h3-16,27H,1-2H3,(H2,25,26,28,33)/b16-7+. The van der Waals surface area contributed by atoms with Crippen LogP contribution in [0.4, 0.5) is 11.4 Å². The van der Waals surface area contributed by atoms with E-state index in [1.165, 1.54) is 25.3 Å². The van der Waals surface area contributed by atoms with Crippen LogP contribution in [0.15, 0.2) is 83.8 Å². The molecule has 8 nitrogen and oxygen atoms in total. The number of amides is 1. The fourth-order valence-corrected chi connectivity index (χ4v) is 4.15. The monoisotopic (exact) mass is 497 g/mol. The molecular weight excluding hydrogens is 474 g/mol. The highest BCUT2D eigenvalue weighted by Crippen LogP contribution is 2.21. The third-order valence-corrected chi connectivity index (χ3v) is 6.16. The van der Waals surface area contributed by atoms with Crippen molar-refractivity contribution in [1.82, 2.24) is 5.32 Å². The Hall–Kier alpha value is -3.89. The second kappa shape index (κ2) is 11.3. The third-order valence-electron chi connectivity index (χ3n) is 4.55. The summed E-state index contributed by atoms with van der Waals surface area (Å²) >= 11 is 5.16. The van der Waals surface area contributed by atoms with Gasteiger partial charge >= 0.3 is 0 Å². The quantitative estimate of drug-likeness (QED) is 0.319. The minimum atomic E-state index is -3.78. The lowest BCUT2D eigenvalue weighted by atomic mass is 10.2. The molecule has 10 heteroatoms. The van der Waals surface area contributed by atoms with E-state index in [1.807, 2.05) is 18.2 Å². The van der Waals surface area contributed by atoms with Gasteiger partial charge in [0.25, 0.3) is 10.0 Å². The molecule has 0 bridgehead atoms. The maximum Gasteiger partial charge on any atom is 0.261 e. The van der Waals surface area contributed by atoms with Gasteiger partial charge in [0.15, 0.2) is 5.11 Å². The Bertz CT molecular complexity index is 1290. The van der Waals surface area contributed by atoms with Crippen molar-refractivity contribution in [2.75, 3.05) is 24.3 Å². The molecular formula is C24H23N3O5S2. The van der Waals surface area contributed by atoms with Crippen molar-refractivity contribution >= 4 is 50.7 Å². The summed E-state index contributed by atoms with van der Waals surface area (Å²) in [5.41, 5.74) is 1.68. The summed E-state index contributed by atoms with van der Waals surface area (Å²) < 4.78 is 38.0. The number of nitrogens with one attached hydrogen (secondary N) is 3. The number of anilines is 2. The molecule has 3 rings (SSSR count). The number of thiocarbonyl (C=S) groups is 1. The first kappa shape index (κ1) is 24.7. The molecule has 3 aromatic carbocycles. The van der Waals surface area contributed by atoms with Crippen molar-refractivity contribution in [1.29, 1.82) is 0 Å². The van der Waals surface area contributed by atoms with E-state index in [0.29, 0.717) is 22.9 Å². The van der Waals surface area contributed by atoms with Gasteiger partial charge in [0.1, 0.15) is 11.5 Å². The summed E-state index contributed by atoms with van der Waals surface area (Å²) in [5, 5.41) is 5.45. The molecule has 0 spiro atoms. The first-order chi connectivity index (χ1) is 16.3.